The Balaban J connectivity index is 4.96. The number of nitrogens with zero attached hydrogens (tertiary/aromatic N) is 1. The third-order valence-corrected chi connectivity index (χ3v) is 4.19. The minimum absolute atomic E-state index is 0.00279. The summed E-state index contributed by atoms with van der Waals surface area (Å²) in [7, 11) is 0. The fourth-order valence-corrected chi connectivity index (χ4v) is 2.47. The first-order chi connectivity index (χ1) is 14.4. The van der Waals surface area contributed by atoms with Crippen molar-refractivity contribution in [1.29, 1.82) is 0 Å². The zero-order chi connectivity index (χ0) is 24.1. The van der Waals surface area contributed by atoms with Crippen LogP contribution >= 0.6 is 0 Å². The quantitative estimate of drug-likeness (QED) is 0.0769. The van der Waals surface area contributed by atoms with Crippen molar-refractivity contribution in [2.75, 3.05) is 13.2 Å². The first-order valence-corrected chi connectivity index (χ1v) is 9.94. The van der Waals surface area contributed by atoms with Crippen LogP contribution in [0, 0.1) is 5.92 Å². The van der Waals surface area contributed by atoms with Gasteiger partial charge in [-0.05, 0) is 32.1 Å². The molecule has 0 radical (unpaired) electrons. The van der Waals surface area contributed by atoms with E-state index in [-0.39, 0.29) is 31.3 Å². The van der Waals surface area contributed by atoms with Gasteiger partial charge in [0, 0.05) is 6.54 Å². The molecule has 0 aromatic carbocycles. The van der Waals surface area contributed by atoms with Gasteiger partial charge in [0.2, 0.25) is 17.7 Å². The van der Waals surface area contributed by atoms with Crippen LogP contribution in [0.25, 0.3) is 0 Å². The fourth-order valence-electron chi connectivity index (χ4n) is 2.47. The summed E-state index contributed by atoms with van der Waals surface area (Å²) in [5, 5.41) is 25.5. The number of aliphatic imine (C=N–C) groups is 1. The van der Waals surface area contributed by atoms with Gasteiger partial charge in [0.15, 0.2) is 5.96 Å². The molecular formula is C18H35N7O6. The molecule has 31 heavy (non-hydrogen) atoms. The van der Waals surface area contributed by atoms with Gasteiger partial charge >= 0.3 is 5.97 Å². The van der Waals surface area contributed by atoms with Gasteiger partial charge in [0.05, 0.1) is 12.6 Å². The molecule has 178 valence electrons. The molecule has 0 saturated heterocycles. The molecule has 11 N–H and O–H groups in total. The molecule has 0 fully saturated rings. The highest BCUT2D eigenvalue weighted by atomic mass is 16.4. The molecule has 0 aromatic heterocycles. The summed E-state index contributed by atoms with van der Waals surface area (Å²) >= 11 is 0. The van der Waals surface area contributed by atoms with Crippen LogP contribution in [-0.4, -0.2) is 77.2 Å². The van der Waals surface area contributed by atoms with Crippen LogP contribution in [0.5, 0.6) is 0 Å². The number of aliphatic hydroxyl groups is 1. The fraction of sp³-hybridized carbons (Fsp3) is 0.722. The number of carbonyl (C=O) groups excluding carboxylic acids is 3. The van der Waals surface area contributed by atoms with Gasteiger partial charge in [0.1, 0.15) is 18.1 Å². The first kappa shape index (κ1) is 28.1. The normalized spacial score (nSPS) is 14.6. The minimum atomic E-state index is -1.34. The molecule has 4 unspecified atom stereocenters. The molecule has 0 aliphatic carbocycles. The Labute approximate surface area is 181 Å². The van der Waals surface area contributed by atoms with Gasteiger partial charge in [-0.1, -0.05) is 13.8 Å². The third kappa shape index (κ3) is 11.7. The number of guanidine groups is 1. The van der Waals surface area contributed by atoms with Crippen molar-refractivity contribution >= 4 is 29.7 Å². The lowest BCUT2D eigenvalue weighted by atomic mass is 10.0. The summed E-state index contributed by atoms with van der Waals surface area (Å²) in [6, 6.07) is -4.49. The Hall–Kier alpha value is -2.93. The molecule has 0 aliphatic heterocycles. The molecule has 13 heteroatoms. The van der Waals surface area contributed by atoms with Crippen LogP contribution in [0.4, 0.5) is 0 Å². The van der Waals surface area contributed by atoms with Gasteiger partial charge in [-0.2, -0.15) is 0 Å². The van der Waals surface area contributed by atoms with E-state index in [1.165, 1.54) is 6.92 Å². The van der Waals surface area contributed by atoms with Gasteiger partial charge in [0.25, 0.3) is 0 Å². The predicted octanol–water partition coefficient (Wildman–Crippen LogP) is -3.04. The van der Waals surface area contributed by atoms with Gasteiger partial charge < -0.3 is 43.4 Å². The van der Waals surface area contributed by atoms with Gasteiger partial charge in [-0.15, -0.1) is 0 Å². The van der Waals surface area contributed by atoms with Crippen LogP contribution in [-0.2, 0) is 19.2 Å². The molecule has 13 nitrogen and oxygen atoms in total. The Morgan fingerprint density at radius 1 is 0.935 bits per heavy atom. The number of amides is 3. The maximum Gasteiger partial charge on any atom is 0.325 e. The molecule has 0 aliphatic rings. The van der Waals surface area contributed by atoms with Crippen molar-refractivity contribution in [3.63, 3.8) is 0 Å². The molecule has 0 saturated carbocycles. The average molecular weight is 446 g/mol. The van der Waals surface area contributed by atoms with Crippen LogP contribution in [0.1, 0.15) is 40.0 Å². The monoisotopic (exact) mass is 445 g/mol. The molecule has 3 amide bonds. The summed E-state index contributed by atoms with van der Waals surface area (Å²) in [5.41, 5.74) is 16.2. The Kier molecular flexibility index (Phi) is 12.8. The van der Waals surface area contributed by atoms with Crippen LogP contribution < -0.4 is 33.2 Å². The number of hydrogen-bond donors (Lipinski definition) is 8. The maximum absolute atomic E-state index is 12.5. The Morgan fingerprint density at radius 3 is 1.97 bits per heavy atom. The minimum Gasteiger partial charge on any atom is -0.480 e. The van der Waals surface area contributed by atoms with E-state index in [0.29, 0.717) is 6.42 Å². The van der Waals surface area contributed by atoms with E-state index < -0.39 is 54.5 Å². The zero-order valence-electron chi connectivity index (χ0n) is 18.1. The highest BCUT2D eigenvalue weighted by Crippen LogP contribution is 2.06. The lowest BCUT2D eigenvalue weighted by molar-refractivity contribution is -0.142. The van der Waals surface area contributed by atoms with E-state index in [2.05, 4.69) is 20.9 Å². The smallest absolute Gasteiger partial charge is 0.325 e. The Bertz CT molecular complexity index is 651. The van der Waals surface area contributed by atoms with Crippen LogP contribution in [0.2, 0.25) is 0 Å². The number of hydrogen-bond acceptors (Lipinski definition) is 7. The molecule has 0 bridgehead atoms. The summed E-state index contributed by atoms with van der Waals surface area (Å²) < 4.78 is 0. The lowest BCUT2D eigenvalue weighted by Crippen LogP contribution is -2.58. The Morgan fingerprint density at radius 2 is 1.48 bits per heavy atom. The van der Waals surface area contributed by atoms with Crippen molar-refractivity contribution < 1.29 is 29.4 Å². The number of carbonyl (C=O) groups is 4. The van der Waals surface area contributed by atoms with E-state index in [4.69, 9.17) is 22.3 Å². The van der Waals surface area contributed by atoms with E-state index in [1.54, 1.807) is 0 Å². The topological polar surface area (TPSA) is 235 Å². The van der Waals surface area contributed by atoms with Crippen molar-refractivity contribution in [2.45, 2.75) is 64.2 Å². The second-order valence-electron chi connectivity index (χ2n) is 7.56. The van der Waals surface area contributed by atoms with Crippen LogP contribution in [0.15, 0.2) is 4.99 Å². The van der Waals surface area contributed by atoms with Crippen molar-refractivity contribution in [3.8, 4) is 0 Å². The number of aliphatic carboxylic acids is 1. The SMILES string of the molecule is CC(C)CC(NC(=O)C(CO)NC(=O)C(N)CCCN=C(N)N)C(=O)NC(C)C(=O)O. The molecule has 0 spiro atoms. The predicted molar refractivity (Wildman–Crippen MR) is 114 cm³/mol. The number of aliphatic hydroxyl groups excluding tert-OH is 1. The number of nitrogens with two attached hydrogens (primary N) is 3. The van der Waals surface area contributed by atoms with E-state index in [9.17, 15) is 24.3 Å². The number of rotatable bonds is 14. The molecule has 4 atom stereocenters. The third-order valence-electron chi connectivity index (χ3n) is 4.19. The summed E-state index contributed by atoms with van der Waals surface area (Å²) in [6.07, 6.45) is 0.898. The largest absolute Gasteiger partial charge is 0.480 e. The number of nitrogens with one attached hydrogen (secondary N) is 3. The highest BCUT2D eigenvalue weighted by molar-refractivity contribution is 5.94. The van der Waals surface area contributed by atoms with Crippen LogP contribution in [0.3, 0.4) is 0 Å². The lowest BCUT2D eigenvalue weighted by Gasteiger charge is -2.24. The second-order valence-corrected chi connectivity index (χ2v) is 7.56. The summed E-state index contributed by atoms with van der Waals surface area (Å²) in [6.45, 7) is 4.49. The van der Waals surface area contributed by atoms with Gasteiger partial charge in [-0.25, -0.2) is 0 Å². The molecular weight excluding hydrogens is 410 g/mol. The summed E-state index contributed by atoms with van der Waals surface area (Å²) in [4.78, 5) is 51.8. The van der Waals surface area contributed by atoms with Crippen molar-refractivity contribution in [1.82, 2.24) is 16.0 Å². The first-order valence-electron chi connectivity index (χ1n) is 9.94. The summed E-state index contributed by atoms with van der Waals surface area (Å²) in [5.74, 6) is -3.45. The molecule has 0 heterocycles. The molecule has 0 aromatic rings. The average Bonchev–Trinajstić information content (AvgIpc) is 2.67. The maximum atomic E-state index is 12.5. The standard InChI is InChI=1S/C18H35N7O6/c1-9(2)7-12(15(28)23-10(3)17(30)31)24-16(29)13(8-26)25-14(27)11(19)5-4-6-22-18(20)21/h9-13,26H,4-8,19H2,1-3H3,(H,23,28)(H,24,29)(H,25,27)(H,30,31)(H4,20,21,22). The molecule has 0 rings (SSSR count). The van der Waals surface area contributed by atoms with Crippen molar-refractivity contribution in [3.05, 3.63) is 0 Å². The van der Waals surface area contributed by atoms with E-state index in [1.807, 2.05) is 13.8 Å². The number of carboxylic acid groups (broad SMARTS) is 1. The zero-order valence-corrected chi connectivity index (χ0v) is 18.1. The van der Waals surface area contributed by atoms with Crippen molar-refractivity contribution in [2.24, 2.45) is 28.1 Å². The highest BCUT2D eigenvalue weighted by Gasteiger charge is 2.29. The van der Waals surface area contributed by atoms with E-state index in [0.717, 1.165) is 0 Å². The van der Waals surface area contributed by atoms with E-state index >= 15 is 0 Å². The number of carboxylic acids is 1. The van der Waals surface area contributed by atoms with Gasteiger partial charge in [-0.3, -0.25) is 24.2 Å². The second kappa shape index (κ2) is 14.1.